The SMILES string of the molecule is CCc1ccc(OC(=O)Cc2ccccc2Nc2c(Cl)cccc2Cl)cc1. The smallest absolute Gasteiger partial charge is 0.315 e. The summed E-state index contributed by atoms with van der Waals surface area (Å²) in [6.45, 7) is 2.08. The third kappa shape index (κ3) is 5.03. The fourth-order valence-electron chi connectivity index (χ4n) is 2.66. The van der Waals surface area contributed by atoms with E-state index in [2.05, 4.69) is 12.2 Å². The number of anilines is 2. The predicted octanol–water partition coefficient (Wildman–Crippen LogP) is 6.45. The summed E-state index contributed by atoms with van der Waals surface area (Å²) in [5.41, 5.74) is 3.35. The number of nitrogens with one attached hydrogen (secondary N) is 1. The molecule has 27 heavy (non-hydrogen) atoms. The molecular weight excluding hydrogens is 381 g/mol. The van der Waals surface area contributed by atoms with Gasteiger partial charge in [-0.3, -0.25) is 4.79 Å². The Morgan fingerprint density at radius 2 is 1.59 bits per heavy atom. The van der Waals surface area contributed by atoms with Gasteiger partial charge in [-0.1, -0.05) is 66.5 Å². The van der Waals surface area contributed by atoms with E-state index in [-0.39, 0.29) is 12.4 Å². The summed E-state index contributed by atoms with van der Waals surface area (Å²) in [6.07, 6.45) is 1.07. The Balaban J connectivity index is 1.74. The zero-order valence-corrected chi connectivity index (χ0v) is 16.3. The van der Waals surface area contributed by atoms with Crippen LogP contribution in [0.4, 0.5) is 11.4 Å². The highest BCUT2D eigenvalue weighted by Gasteiger charge is 2.12. The van der Waals surface area contributed by atoms with Crippen LogP contribution in [-0.4, -0.2) is 5.97 Å². The van der Waals surface area contributed by atoms with Gasteiger partial charge in [0.1, 0.15) is 5.75 Å². The van der Waals surface area contributed by atoms with E-state index in [0.717, 1.165) is 17.7 Å². The largest absolute Gasteiger partial charge is 0.426 e. The van der Waals surface area contributed by atoms with Crippen molar-refractivity contribution in [2.45, 2.75) is 19.8 Å². The lowest BCUT2D eigenvalue weighted by Gasteiger charge is -2.14. The second-order valence-electron chi connectivity index (χ2n) is 6.03. The lowest BCUT2D eigenvalue weighted by atomic mass is 10.1. The molecule has 0 unspecified atom stereocenters. The number of halogens is 2. The number of ether oxygens (including phenoxy) is 1. The second-order valence-corrected chi connectivity index (χ2v) is 6.84. The van der Waals surface area contributed by atoms with Gasteiger partial charge >= 0.3 is 5.97 Å². The Hall–Kier alpha value is -2.49. The molecule has 0 bridgehead atoms. The van der Waals surface area contributed by atoms with Gasteiger partial charge in [-0.2, -0.15) is 0 Å². The minimum atomic E-state index is -0.334. The van der Waals surface area contributed by atoms with Gasteiger partial charge in [-0.25, -0.2) is 0 Å². The van der Waals surface area contributed by atoms with Crippen LogP contribution in [0.5, 0.6) is 5.75 Å². The highest BCUT2D eigenvalue weighted by atomic mass is 35.5. The van der Waals surface area contributed by atoms with E-state index in [0.29, 0.717) is 21.5 Å². The zero-order valence-electron chi connectivity index (χ0n) is 14.8. The Kier molecular flexibility index (Phi) is 6.38. The number of aryl methyl sites for hydroxylation is 1. The van der Waals surface area contributed by atoms with Gasteiger partial charge in [0.05, 0.1) is 22.2 Å². The van der Waals surface area contributed by atoms with Crippen molar-refractivity contribution in [1.82, 2.24) is 0 Å². The Morgan fingerprint density at radius 1 is 0.926 bits per heavy atom. The van der Waals surface area contributed by atoms with Crippen LogP contribution in [-0.2, 0) is 17.6 Å². The lowest BCUT2D eigenvalue weighted by Crippen LogP contribution is -2.12. The van der Waals surface area contributed by atoms with Crippen molar-refractivity contribution < 1.29 is 9.53 Å². The van der Waals surface area contributed by atoms with Crippen molar-refractivity contribution >= 4 is 40.5 Å². The van der Waals surface area contributed by atoms with Gasteiger partial charge in [0.25, 0.3) is 0 Å². The van der Waals surface area contributed by atoms with Crippen LogP contribution in [0.25, 0.3) is 0 Å². The molecule has 0 fully saturated rings. The number of carbonyl (C=O) groups excluding carboxylic acids is 1. The van der Waals surface area contributed by atoms with E-state index >= 15 is 0 Å². The minimum absolute atomic E-state index is 0.126. The summed E-state index contributed by atoms with van der Waals surface area (Å²) < 4.78 is 5.45. The van der Waals surface area contributed by atoms with E-state index in [1.165, 1.54) is 5.56 Å². The van der Waals surface area contributed by atoms with Gasteiger partial charge in [-0.05, 0) is 47.9 Å². The molecule has 0 aliphatic rings. The van der Waals surface area contributed by atoms with Crippen molar-refractivity contribution in [2.75, 3.05) is 5.32 Å². The van der Waals surface area contributed by atoms with E-state index in [1.807, 2.05) is 48.5 Å². The molecule has 138 valence electrons. The molecule has 3 rings (SSSR count). The number of benzene rings is 3. The van der Waals surface area contributed by atoms with Crippen LogP contribution in [0, 0.1) is 0 Å². The average molecular weight is 400 g/mol. The minimum Gasteiger partial charge on any atom is -0.426 e. The van der Waals surface area contributed by atoms with Crippen LogP contribution >= 0.6 is 23.2 Å². The third-order valence-corrected chi connectivity index (χ3v) is 4.77. The maximum Gasteiger partial charge on any atom is 0.315 e. The van der Waals surface area contributed by atoms with Crippen LogP contribution in [0.2, 0.25) is 10.0 Å². The van der Waals surface area contributed by atoms with Crippen LogP contribution in [0.3, 0.4) is 0 Å². The first kappa shape index (κ1) is 19.3. The molecule has 0 saturated heterocycles. The van der Waals surface area contributed by atoms with E-state index in [9.17, 15) is 4.79 Å². The summed E-state index contributed by atoms with van der Waals surface area (Å²) in [5, 5.41) is 4.24. The number of para-hydroxylation sites is 2. The number of hydrogen-bond donors (Lipinski definition) is 1. The van der Waals surface area contributed by atoms with Gasteiger partial charge < -0.3 is 10.1 Å². The fourth-order valence-corrected chi connectivity index (χ4v) is 3.16. The predicted molar refractivity (Wildman–Crippen MR) is 111 cm³/mol. The Bertz CT molecular complexity index is 919. The van der Waals surface area contributed by atoms with Gasteiger partial charge in [0.2, 0.25) is 0 Å². The average Bonchev–Trinajstić information content (AvgIpc) is 2.66. The van der Waals surface area contributed by atoms with Crippen molar-refractivity contribution in [3.63, 3.8) is 0 Å². The molecule has 3 aromatic carbocycles. The summed E-state index contributed by atoms with van der Waals surface area (Å²) in [5.74, 6) is 0.204. The monoisotopic (exact) mass is 399 g/mol. The molecule has 0 heterocycles. The molecule has 0 atom stereocenters. The molecule has 0 aromatic heterocycles. The summed E-state index contributed by atoms with van der Waals surface area (Å²) in [4.78, 5) is 12.4. The molecule has 3 nitrogen and oxygen atoms in total. The molecular formula is C22H19Cl2NO2. The highest BCUT2D eigenvalue weighted by molar-refractivity contribution is 6.39. The van der Waals surface area contributed by atoms with E-state index < -0.39 is 0 Å². The zero-order chi connectivity index (χ0) is 19.2. The maximum atomic E-state index is 12.4. The quantitative estimate of drug-likeness (QED) is 0.382. The first-order valence-electron chi connectivity index (χ1n) is 8.65. The molecule has 0 saturated carbocycles. The highest BCUT2D eigenvalue weighted by Crippen LogP contribution is 2.33. The molecule has 1 N–H and O–H groups in total. The maximum absolute atomic E-state index is 12.4. The first-order valence-corrected chi connectivity index (χ1v) is 9.41. The van der Waals surface area contributed by atoms with Crippen molar-refractivity contribution in [3.8, 4) is 5.75 Å². The standard InChI is InChI=1S/C22H19Cl2NO2/c1-2-15-10-12-17(13-11-15)27-21(26)14-16-6-3-4-9-20(16)25-22-18(23)7-5-8-19(22)24/h3-13,25H,2,14H2,1H3. The van der Waals surface area contributed by atoms with Crippen molar-refractivity contribution in [1.29, 1.82) is 0 Å². The summed E-state index contributed by atoms with van der Waals surface area (Å²) in [6, 6.07) is 20.3. The third-order valence-electron chi connectivity index (χ3n) is 4.14. The number of hydrogen-bond acceptors (Lipinski definition) is 3. The van der Waals surface area contributed by atoms with Gasteiger partial charge in [0.15, 0.2) is 0 Å². The molecule has 0 spiro atoms. The molecule has 0 aliphatic carbocycles. The molecule has 0 aliphatic heterocycles. The summed E-state index contributed by atoms with van der Waals surface area (Å²) >= 11 is 12.5. The van der Waals surface area contributed by atoms with Crippen LogP contribution in [0.15, 0.2) is 66.7 Å². The van der Waals surface area contributed by atoms with Gasteiger partial charge in [0, 0.05) is 5.69 Å². The fraction of sp³-hybridized carbons (Fsp3) is 0.136. The molecule has 0 amide bonds. The Morgan fingerprint density at radius 3 is 2.26 bits per heavy atom. The van der Waals surface area contributed by atoms with E-state index in [1.54, 1.807) is 18.2 Å². The first-order chi connectivity index (χ1) is 13.1. The lowest BCUT2D eigenvalue weighted by molar-refractivity contribution is -0.133. The van der Waals surface area contributed by atoms with Crippen LogP contribution < -0.4 is 10.1 Å². The number of esters is 1. The topological polar surface area (TPSA) is 38.3 Å². The Labute approximate surface area is 168 Å². The number of rotatable bonds is 6. The normalized spacial score (nSPS) is 10.5. The molecule has 3 aromatic rings. The molecule has 0 radical (unpaired) electrons. The van der Waals surface area contributed by atoms with Crippen molar-refractivity contribution in [2.24, 2.45) is 0 Å². The summed E-state index contributed by atoms with van der Waals surface area (Å²) in [7, 11) is 0. The number of carbonyl (C=O) groups is 1. The van der Waals surface area contributed by atoms with Crippen LogP contribution in [0.1, 0.15) is 18.1 Å². The second kappa shape index (κ2) is 8.94. The van der Waals surface area contributed by atoms with Gasteiger partial charge in [-0.15, -0.1) is 0 Å². The van der Waals surface area contributed by atoms with E-state index in [4.69, 9.17) is 27.9 Å². The van der Waals surface area contributed by atoms with Crippen molar-refractivity contribution in [3.05, 3.63) is 87.9 Å². The molecule has 5 heteroatoms.